The molecule has 1 aromatic carbocycles. The third kappa shape index (κ3) is 6.88. The first-order chi connectivity index (χ1) is 14.6. The maximum atomic E-state index is 13.3. The number of ketones is 1. The second-order valence-electron chi connectivity index (χ2n) is 6.18. The fourth-order valence-electron chi connectivity index (χ4n) is 2.58. The first-order valence-electron chi connectivity index (χ1n) is 8.78. The molecule has 0 spiro atoms. The second kappa shape index (κ2) is 13.5. The molecular formula is C17H22I3N3O8. The minimum Gasteiger partial charge on any atom is -0.395 e. The lowest BCUT2D eigenvalue weighted by atomic mass is 10.0. The molecule has 7 N–H and O–H groups in total. The van der Waals surface area contributed by atoms with Crippen molar-refractivity contribution in [2.45, 2.75) is 6.10 Å². The molecule has 1 atom stereocenters. The summed E-state index contributed by atoms with van der Waals surface area (Å²) < 4.78 is 0.536. The molecule has 0 aliphatic carbocycles. The normalized spacial score (nSPS) is 11.9. The molecule has 0 fully saturated rings. The number of rotatable bonds is 11. The van der Waals surface area contributed by atoms with Crippen molar-refractivity contribution in [3.8, 4) is 0 Å². The second-order valence-corrected chi connectivity index (χ2v) is 9.42. The Balaban J connectivity index is 3.79. The molecule has 1 unspecified atom stereocenters. The van der Waals surface area contributed by atoms with Crippen LogP contribution in [0.25, 0.3) is 0 Å². The highest BCUT2D eigenvalue weighted by molar-refractivity contribution is 14.1. The van der Waals surface area contributed by atoms with Crippen molar-refractivity contribution in [1.29, 1.82) is 0 Å². The van der Waals surface area contributed by atoms with Gasteiger partial charge in [-0.15, -0.1) is 0 Å². The van der Waals surface area contributed by atoms with Crippen molar-refractivity contribution in [2.24, 2.45) is 5.84 Å². The Bertz CT molecular complexity index is 840. The monoisotopic (exact) mass is 777 g/mol. The van der Waals surface area contributed by atoms with Gasteiger partial charge in [-0.3, -0.25) is 19.4 Å². The number of carbonyl (C=O) groups is 3. The quantitative estimate of drug-likeness (QED) is 0.0527. The molecule has 14 heteroatoms. The van der Waals surface area contributed by atoms with Crippen LogP contribution in [0, 0.1) is 10.7 Å². The van der Waals surface area contributed by atoms with Crippen molar-refractivity contribution < 1.29 is 39.9 Å². The number of amides is 2. The first-order valence-corrected chi connectivity index (χ1v) is 12.0. The Kier molecular flexibility index (Phi) is 12.5. The molecule has 0 saturated heterocycles. The SMILES string of the molecule is NN(CCO)C(=O)c1c(I)c(C(=O)CO)c(I)c(C(=O)N(CCO)CC(O)CO)c1I. The molecule has 0 radical (unpaired) electrons. The van der Waals surface area contributed by atoms with Crippen LogP contribution >= 0.6 is 67.8 Å². The van der Waals surface area contributed by atoms with Gasteiger partial charge in [-0.05, 0) is 67.8 Å². The Morgan fingerprint density at radius 3 is 1.77 bits per heavy atom. The van der Waals surface area contributed by atoms with Crippen LogP contribution in [0.4, 0.5) is 0 Å². The van der Waals surface area contributed by atoms with Crippen LogP contribution in [0.15, 0.2) is 0 Å². The average molecular weight is 777 g/mol. The van der Waals surface area contributed by atoms with Crippen molar-refractivity contribution in [3.63, 3.8) is 0 Å². The third-order valence-electron chi connectivity index (χ3n) is 4.07. The molecule has 1 rings (SSSR count). The van der Waals surface area contributed by atoms with E-state index in [-0.39, 0.29) is 47.0 Å². The van der Waals surface area contributed by atoms with Crippen molar-refractivity contribution in [2.75, 3.05) is 46.1 Å². The van der Waals surface area contributed by atoms with Gasteiger partial charge in [-0.2, -0.15) is 0 Å². The van der Waals surface area contributed by atoms with E-state index in [9.17, 15) is 29.7 Å². The number of hydrogen-bond donors (Lipinski definition) is 6. The van der Waals surface area contributed by atoms with Crippen LogP contribution in [0.2, 0.25) is 0 Å². The third-order valence-corrected chi connectivity index (χ3v) is 7.30. The van der Waals surface area contributed by atoms with Crippen molar-refractivity contribution in [3.05, 3.63) is 27.4 Å². The summed E-state index contributed by atoms with van der Waals surface area (Å²) in [4.78, 5) is 39.7. The molecule has 174 valence electrons. The molecule has 2 amide bonds. The molecule has 11 nitrogen and oxygen atoms in total. The number of nitrogens with zero attached hydrogens (tertiary/aromatic N) is 2. The first kappa shape index (κ1) is 28.8. The van der Waals surface area contributed by atoms with E-state index in [0.717, 1.165) is 9.91 Å². The fourth-order valence-corrected chi connectivity index (χ4v) is 7.27. The fraction of sp³-hybridized carbons (Fsp3) is 0.471. The Hall–Kier alpha value is -0.220. The molecule has 0 saturated carbocycles. The molecule has 0 aliphatic rings. The number of hydrazine groups is 1. The van der Waals surface area contributed by atoms with Crippen LogP contribution in [0.3, 0.4) is 0 Å². The number of benzene rings is 1. The number of aliphatic hydroxyl groups is 5. The number of halogens is 3. The van der Waals surface area contributed by atoms with Gasteiger partial charge < -0.3 is 30.4 Å². The predicted molar refractivity (Wildman–Crippen MR) is 134 cm³/mol. The zero-order valence-corrected chi connectivity index (χ0v) is 22.6. The zero-order valence-electron chi connectivity index (χ0n) is 16.1. The molecule has 1 aromatic rings. The lowest BCUT2D eigenvalue weighted by Gasteiger charge is -2.27. The van der Waals surface area contributed by atoms with Crippen molar-refractivity contribution in [1.82, 2.24) is 9.91 Å². The topological polar surface area (TPSA) is 185 Å². The van der Waals surface area contributed by atoms with E-state index in [0.29, 0.717) is 0 Å². The van der Waals surface area contributed by atoms with Gasteiger partial charge in [0.2, 0.25) is 0 Å². The smallest absolute Gasteiger partial charge is 0.270 e. The largest absolute Gasteiger partial charge is 0.395 e. The van der Waals surface area contributed by atoms with Crippen LogP contribution in [-0.2, 0) is 0 Å². The molecule has 31 heavy (non-hydrogen) atoms. The van der Waals surface area contributed by atoms with E-state index in [4.69, 9.17) is 16.1 Å². The Morgan fingerprint density at radius 2 is 1.32 bits per heavy atom. The number of aliphatic hydroxyl groups excluding tert-OH is 5. The lowest BCUT2D eigenvalue weighted by Crippen LogP contribution is -2.43. The number of Topliss-reactive ketones (excluding diaryl/α,β-unsaturated/α-hetero) is 1. The van der Waals surface area contributed by atoms with Gasteiger partial charge in [0.05, 0.1) is 43.6 Å². The molecular weight excluding hydrogens is 755 g/mol. The molecule has 0 aliphatic heterocycles. The van der Waals surface area contributed by atoms with Gasteiger partial charge in [0.25, 0.3) is 11.8 Å². The Labute approximate surface area is 219 Å². The van der Waals surface area contributed by atoms with Gasteiger partial charge in [0.15, 0.2) is 5.78 Å². The van der Waals surface area contributed by atoms with Crippen LogP contribution in [0.1, 0.15) is 31.1 Å². The molecule has 0 heterocycles. The minimum atomic E-state index is -1.27. The minimum absolute atomic E-state index is 0.0418. The standard InChI is InChI=1S/C17H22I3N3O8/c18-13-10(9(29)7-27)14(19)12(17(31)23(21)2-4-25)15(20)11(13)16(30)22(1-3-24)5-8(28)6-26/h8,24-28H,1-7,21H2. The van der Waals surface area contributed by atoms with E-state index in [2.05, 4.69) is 0 Å². The molecule has 0 aromatic heterocycles. The highest BCUT2D eigenvalue weighted by atomic mass is 127. The van der Waals surface area contributed by atoms with Gasteiger partial charge in [0, 0.05) is 29.4 Å². The van der Waals surface area contributed by atoms with Gasteiger partial charge in [-0.1, -0.05) is 0 Å². The van der Waals surface area contributed by atoms with E-state index in [1.807, 2.05) is 0 Å². The maximum Gasteiger partial charge on any atom is 0.270 e. The summed E-state index contributed by atoms with van der Waals surface area (Å²) in [5.74, 6) is 3.54. The van der Waals surface area contributed by atoms with E-state index < -0.39 is 50.1 Å². The summed E-state index contributed by atoms with van der Waals surface area (Å²) in [5, 5.41) is 47.4. The predicted octanol–water partition coefficient (Wildman–Crippen LogP) is -1.23. The Morgan fingerprint density at radius 1 is 0.839 bits per heavy atom. The highest BCUT2D eigenvalue weighted by Crippen LogP contribution is 2.34. The van der Waals surface area contributed by atoms with Gasteiger partial charge >= 0.3 is 0 Å². The summed E-state index contributed by atoms with van der Waals surface area (Å²) in [6, 6.07) is 0. The summed E-state index contributed by atoms with van der Waals surface area (Å²) in [6.45, 7) is -2.97. The average Bonchev–Trinajstić information content (AvgIpc) is 2.72. The van der Waals surface area contributed by atoms with Crippen LogP contribution in [-0.4, -0.2) is 105 Å². The van der Waals surface area contributed by atoms with Crippen LogP contribution in [0.5, 0.6) is 0 Å². The maximum absolute atomic E-state index is 13.3. The lowest BCUT2D eigenvalue weighted by molar-refractivity contribution is 0.0417. The van der Waals surface area contributed by atoms with Crippen LogP contribution < -0.4 is 5.84 Å². The summed E-state index contributed by atoms with van der Waals surface area (Å²) in [6.07, 6.45) is -1.27. The van der Waals surface area contributed by atoms with E-state index in [1.54, 1.807) is 67.8 Å². The number of hydrogen-bond acceptors (Lipinski definition) is 9. The zero-order chi connectivity index (χ0) is 23.9. The van der Waals surface area contributed by atoms with Crippen molar-refractivity contribution >= 4 is 85.4 Å². The summed E-state index contributed by atoms with van der Waals surface area (Å²) in [7, 11) is 0. The summed E-state index contributed by atoms with van der Waals surface area (Å²) in [5.41, 5.74) is -0.137. The number of nitrogens with two attached hydrogens (primary N) is 1. The summed E-state index contributed by atoms with van der Waals surface area (Å²) >= 11 is 5.30. The highest BCUT2D eigenvalue weighted by Gasteiger charge is 2.33. The van der Waals surface area contributed by atoms with Gasteiger partial charge in [0.1, 0.15) is 6.61 Å². The number of carbonyl (C=O) groups excluding carboxylic acids is 3. The molecule has 0 bridgehead atoms. The van der Waals surface area contributed by atoms with E-state index >= 15 is 0 Å². The van der Waals surface area contributed by atoms with Gasteiger partial charge in [-0.25, -0.2) is 5.84 Å². The van der Waals surface area contributed by atoms with E-state index in [1.165, 1.54) is 0 Å².